The van der Waals surface area contributed by atoms with Crippen LogP contribution in [0, 0.1) is 28.6 Å². The molecule has 0 aromatic carbocycles. The van der Waals surface area contributed by atoms with E-state index in [0.717, 1.165) is 49.3 Å². The molecule has 1 heterocycles. The predicted octanol–water partition coefficient (Wildman–Crippen LogP) is 5.67. The Morgan fingerprint density at radius 1 is 1.16 bits per heavy atom. The van der Waals surface area contributed by atoms with E-state index in [0.29, 0.717) is 30.6 Å². The van der Waals surface area contributed by atoms with Gasteiger partial charge >= 0.3 is 0 Å². The molecule has 0 saturated heterocycles. The van der Waals surface area contributed by atoms with Crippen molar-refractivity contribution in [1.29, 1.82) is 0 Å². The minimum absolute atomic E-state index is 0.175. The van der Waals surface area contributed by atoms with E-state index in [9.17, 15) is 15.3 Å². The summed E-state index contributed by atoms with van der Waals surface area (Å²) >= 11 is 0. The molecule has 0 amide bonds. The fourth-order valence-electron chi connectivity index (χ4n) is 7.88. The molecule has 5 aliphatic rings. The summed E-state index contributed by atoms with van der Waals surface area (Å²) in [5.74, 6) is 2.34. The number of aliphatic imine (C=N–C) groups is 1. The Morgan fingerprint density at radius 3 is 2.65 bits per heavy atom. The summed E-state index contributed by atoms with van der Waals surface area (Å²) < 4.78 is 6.06. The summed E-state index contributed by atoms with van der Waals surface area (Å²) in [5, 5.41) is 31.5. The van der Waals surface area contributed by atoms with E-state index in [2.05, 4.69) is 50.6 Å². The van der Waals surface area contributed by atoms with Crippen LogP contribution in [0.3, 0.4) is 0 Å². The highest BCUT2D eigenvalue weighted by molar-refractivity contribution is 5.87. The van der Waals surface area contributed by atoms with Gasteiger partial charge in [0, 0.05) is 6.42 Å². The second-order valence-corrected chi connectivity index (χ2v) is 12.8. The third-order valence-corrected chi connectivity index (χ3v) is 10.5. The van der Waals surface area contributed by atoms with Gasteiger partial charge in [0.15, 0.2) is 5.90 Å². The van der Waals surface area contributed by atoms with Gasteiger partial charge in [-0.1, -0.05) is 57.2 Å². The molecule has 5 rings (SSSR count). The molecule has 0 spiro atoms. The molecule has 0 aromatic rings. The standard InChI is InChI=1S/C32H47NO4/c1-5-25-19-33-30(37-25)32(15-16-32)29(36)13-8-20(2)26-11-12-27-22(7-6-14-31(26,27)4)9-10-23-17-24(34)18-28(35)21(23)3/h8-10,13,20,24-29,34-36H,3,5-7,11-12,14-19H2,1-2,4H3/t20-,24-,25?,26-,27+,28+,29+,31-/m1/s1. The van der Waals surface area contributed by atoms with Crippen molar-refractivity contribution < 1.29 is 20.1 Å². The zero-order valence-electron chi connectivity index (χ0n) is 23.0. The first kappa shape index (κ1) is 26.9. The summed E-state index contributed by atoms with van der Waals surface area (Å²) in [6.45, 7) is 11.7. The van der Waals surface area contributed by atoms with Gasteiger partial charge in [-0.15, -0.1) is 0 Å². The van der Waals surface area contributed by atoms with Gasteiger partial charge in [0.25, 0.3) is 0 Å². The van der Waals surface area contributed by atoms with Gasteiger partial charge in [-0.25, -0.2) is 0 Å². The first-order valence-corrected chi connectivity index (χ1v) is 14.7. The number of rotatable bonds is 7. The molecule has 0 radical (unpaired) electrons. The molecule has 1 aliphatic heterocycles. The zero-order valence-corrected chi connectivity index (χ0v) is 23.0. The molecule has 0 bridgehead atoms. The maximum Gasteiger partial charge on any atom is 0.193 e. The largest absolute Gasteiger partial charge is 0.475 e. The van der Waals surface area contributed by atoms with E-state index in [1.807, 2.05) is 6.08 Å². The van der Waals surface area contributed by atoms with Crippen LogP contribution in [0.5, 0.6) is 0 Å². The normalized spacial score (nSPS) is 41.1. The zero-order chi connectivity index (χ0) is 26.4. The lowest BCUT2D eigenvalue weighted by atomic mass is 9.61. The van der Waals surface area contributed by atoms with Gasteiger partial charge in [0.1, 0.15) is 6.10 Å². The molecular weight excluding hydrogens is 462 g/mol. The van der Waals surface area contributed by atoms with Crippen LogP contribution in [-0.4, -0.2) is 52.2 Å². The van der Waals surface area contributed by atoms with Crippen molar-refractivity contribution in [3.8, 4) is 0 Å². The third-order valence-electron chi connectivity index (χ3n) is 10.5. The summed E-state index contributed by atoms with van der Waals surface area (Å²) in [5.41, 5.74) is 3.22. The fraction of sp³-hybridized carbons (Fsp3) is 0.719. The van der Waals surface area contributed by atoms with Crippen LogP contribution in [0.4, 0.5) is 0 Å². The van der Waals surface area contributed by atoms with Crippen molar-refractivity contribution in [3.05, 3.63) is 47.6 Å². The Bertz CT molecular complexity index is 1000. The van der Waals surface area contributed by atoms with Crippen LogP contribution >= 0.6 is 0 Å². The second kappa shape index (κ2) is 10.5. The number of aliphatic hydroxyl groups excluding tert-OH is 3. The Morgan fingerprint density at radius 2 is 1.95 bits per heavy atom. The molecule has 37 heavy (non-hydrogen) atoms. The topological polar surface area (TPSA) is 82.3 Å². The van der Waals surface area contributed by atoms with Crippen molar-refractivity contribution in [2.45, 2.75) is 109 Å². The van der Waals surface area contributed by atoms with Gasteiger partial charge in [0.05, 0.1) is 30.3 Å². The third kappa shape index (κ3) is 5.04. The van der Waals surface area contributed by atoms with E-state index in [1.54, 1.807) is 0 Å². The van der Waals surface area contributed by atoms with Gasteiger partial charge in [-0.2, -0.15) is 0 Å². The quantitative estimate of drug-likeness (QED) is 0.386. The van der Waals surface area contributed by atoms with E-state index >= 15 is 0 Å². The maximum absolute atomic E-state index is 11.1. The minimum Gasteiger partial charge on any atom is -0.475 e. The number of ether oxygens (including phenoxy) is 1. The Labute approximate surface area is 223 Å². The van der Waals surface area contributed by atoms with Crippen molar-refractivity contribution in [2.24, 2.45) is 33.6 Å². The van der Waals surface area contributed by atoms with Gasteiger partial charge in [0.2, 0.25) is 0 Å². The van der Waals surface area contributed by atoms with Gasteiger partial charge < -0.3 is 20.1 Å². The molecule has 4 fully saturated rings. The average molecular weight is 510 g/mol. The van der Waals surface area contributed by atoms with Gasteiger partial charge in [-0.05, 0) is 92.1 Å². The number of hydrogen-bond donors (Lipinski definition) is 3. The summed E-state index contributed by atoms with van der Waals surface area (Å²) in [7, 11) is 0. The molecule has 5 nitrogen and oxygen atoms in total. The number of aliphatic hydroxyl groups is 3. The second-order valence-electron chi connectivity index (χ2n) is 12.8. The predicted molar refractivity (Wildman–Crippen MR) is 148 cm³/mol. The van der Waals surface area contributed by atoms with Crippen LogP contribution in [0.1, 0.15) is 85.0 Å². The monoisotopic (exact) mass is 509 g/mol. The highest BCUT2D eigenvalue weighted by atomic mass is 16.5. The maximum atomic E-state index is 11.1. The van der Waals surface area contributed by atoms with Crippen LogP contribution in [0.25, 0.3) is 0 Å². The van der Waals surface area contributed by atoms with E-state index in [4.69, 9.17) is 4.74 Å². The number of allylic oxidation sites excluding steroid dienone is 4. The lowest BCUT2D eigenvalue weighted by molar-refractivity contribution is 0.0862. The van der Waals surface area contributed by atoms with Crippen LogP contribution in [0.15, 0.2) is 52.6 Å². The molecule has 4 aliphatic carbocycles. The summed E-state index contributed by atoms with van der Waals surface area (Å²) in [6.07, 6.45) is 17.0. The molecule has 1 unspecified atom stereocenters. The van der Waals surface area contributed by atoms with E-state index in [-0.39, 0.29) is 16.9 Å². The first-order valence-electron chi connectivity index (χ1n) is 14.7. The fourth-order valence-corrected chi connectivity index (χ4v) is 7.88. The van der Waals surface area contributed by atoms with Crippen molar-refractivity contribution in [1.82, 2.24) is 0 Å². The van der Waals surface area contributed by atoms with Crippen molar-refractivity contribution >= 4 is 5.90 Å². The lowest BCUT2D eigenvalue weighted by Gasteiger charge is -2.44. The summed E-state index contributed by atoms with van der Waals surface area (Å²) in [4.78, 5) is 4.64. The SMILES string of the molecule is C=C1C(=CC=C2CCC[C@]3(C)[C@@H]([C@H](C)C=C[C@H](O)C4(C5=NCC(CC)O5)CC4)CC[C@@H]23)C[C@@H](O)C[C@@H]1O. The first-order chi connectivity index (χ1) is 17.7. The van der Waals surface area contributed by atoms with E-state index < -0.39 is 18.3 Å². The highest BCUT2D eigenvalue weighted by Crippen LogP contribution is 2.60. The number of nitrogens with zero attached hydrogens (tertiary/aromatic N) is 1. The van der Waals surface area contributed by atoms with E-state index in [1.165, 1.54) is 31.3 Å². The Kier molecular flexibility index (Phi) is 7.61. The molecule has 204 valence electrons. The van der Waals surface area contributed by atoms with Crippen LogP contribution in [0.2, 0.25) is 0 Å². The molecule has 3 N–H and O–H groups in total. The minimum atomic E-state index is -0.640. The van der Waals surface area contributed by atoms with Crippen molar-refractivity contribution in [3.63, 3.8) is 0 Å². The number of hydrogen-bond acceptors (Lipinski definition) is 5. The lowest BCUT2D eigenvalue weighted by Crippen LogP contribution is -2.36. The summed E-state index contributed by atoms with van der Waals surface area (Å²) in [6, 6.07) is 0. The van der Waals surface area contributed by atoms with Gasteiger partial charge in [-0.3, -0.25) is 4.99 Å². The van der Waals surface area contributed by atoms with Crippen LogP contribution in [-0.2, 0) is 4.74 Å². The molecular formula is C32H47NO4. The number of fused-ring (bicyclic) bond motifs is 1. The van der Waals surface area contributed by atoms with Crippen molar-refractivity contribution in [2.75, 3.05) is 6.54 Å². The molecule has 5 heteroatoms. The Balaban J connectivity index is 1.26. The molecule has 0 aromatic heterocycles. The molecule has 4 saturated carbocycles. The Hall–Kier alpha value is -1.69. The molecule has 8 atom stereocenters. The van der Waals surface area contributed by atoms with Crippen LogP contribution < -0.4 is 0 Å². The highest BCUT2D eigenvalue weighted by Gasteiger charge is 2.56. The average Bonchev–Trinajstić information content (AvgIpc) is 3.39. The smallest absolute Gasteiger partial charge is 0.193 e.